The molecule has 0 saturated heterocycles. The van der Waals surface area contributed by atoms with Crippen molar-refractivity contribution in [3.8, 4) is 11.1 Å². The quantitative estimate of drug-likeness (QED) is 0.895. The number of aromatic nitrogens is 1. The molecule has 1 heterocycles. The number of rotatable bonds is 2. The molecule has 0 saturated carbocycles. The molecular formula is C15H13F3N2O2. The summed E-state index contributed by atoms with van der Waals surface area (Å²) in [4.78, 5) is 25.8. The first-order valence-electron chi connectivity index (χ1n) is 6.34. The molecule has 0 unspecified atom stereocenters. The van der Waals surface area contributed by atoms with Crippen molar-refractivity contribution in [1.82, 2.24) is 4.98 Å². The van der Waals surface area contributed by atoms with Crippen LogP contribution in [-0.4, -0.2) is 10.9 Å². The van der Waals surface area contributed by atoms with E-state index >= 15 is 0 Å². The van der Waals surface area contributed by atoms with Gasteiger partial charge in [0.15, 0.2) is 0 Å². The van der Waals surface area contributed by atoms with Crippen LogP contribution in [0.4, 0.5) is 13.2 Å². The van der Waals surface area contributed by atoms with E-state index in [0.29, 0.717) is 0 Å². The van der Waals surface area contributed by atoms with Gasteiger partial charge in [-0.3, -0.25) is 9.59 Å². The molecular weight excluding hydrogens is 297 g/mol. The van der Waals surface area contributed by atoms with E-state index in [-0.39, 0.29) is 22.4 Å². The van der Waals surface area contributed by atoms with Crippen LogP contribution in [0.5, 0.6) is 0 Å². The SMILES string of the molecule is Cc1cc(C(F)(F)F)c(-c2cccc(C(N)=O)c2C)c(=O)[nH]1. The number of aryl methyl sites for hydroxylation is 1. The molecule has 1 aromatic carbocycles. The Balaban J connectivity index is 2.87. The number of pyridine rings is 1. The molecule has 0 spiro atoms. The minimum atomic E-state index is -4.69. The number of alkyl halides is 3. The van der Waals surface area contributed by atoms with Gasteiger partial charge in [0, 0.05) is 11.3 Å². The van der Waals surface area contributed by atoms with E-state index < -0.39 is 28.8 Å². The zero-order chi connectivity index (χ0) is 16.7. The Morgan fingerprint density at radius 2 is 1.86 bits per heavy atom. The number of carbonyl (C=O) groups is 1. The van der Waals surface area contributed by atoms with Gasteiger partial charge in [0.2, 0.25) is 5.91 Å². The second-order valence-corrected chi connectivity index (χ2v) is 4.91. The normalized spacial score (nSPS) is 11.5. The van der Waals surface area contributed by atoms with E-state index in [4.69, 9.17) is 5.73 Å². The zero-order valence-corrected chi connectivity index (χ0v) is 11.8. The first-order chi connectivity index (χ1) is 10.1. The number of hydrogen-bond donors (Lipinski definition) is 2. The van der Waals surface area contributed by atoms with Crippen molar-refractivity contribution in [2.45, 2.75) is 20.0 Å². The zero-order valence-electron chi connectivity index (χ0n) is 11.8. The van der Waals surface area contributed by atoms with Gasteiger partial charge in [-0.05, 0) is 37.1 Å². The predicted molar refractivity (Wildman–Crippen MR) is 75.5 cm³/mol. The number of amides is 1. The van der Waals surface area contributed by atoms with Gasteiger partial charge in [-0.15, -0.1) is 0 Å². The molecule has 2 aromatic rings. The van der Waals surface area contributed by atoms with Gasteiger partial charge in [0.25, 0.3) is 5.56 Å². The summed E-state index contributed by atoms with van der Waals surface area (Å²) in [6.07, 6.45) is -4.69. The third-order valence-electron chi connectivity index (χ3n) is 3.34. The van der Waals surface area contributed by atoms with Crippen molar-refractivity contribution in [2.75, 3.05) is 0 Å². The standard InChI is InChI=1S/C15H13F3N2O2/c1-7-6-11(15(16,17)18)12(14(22)20-7)9-4-3-5-10(8(9)2)13(19)21/h3-6H,1-2H3,(H2,19,21)(H,20,22). The molecule has 0 fully saturated rings. The number of nitrogens with one attached hydrogen (secondary N) is 1. The summed E-state index contributed by atoms with van der Waals surface area (Å²) in [6, 6.07) is 5.02. The largest absolute Gasteiger partial charge is 0.417 e. The molecule has 3 N–H and O–H groups in total. The number of halogens is 3. The van der Waals surface area contributed by atoms with Crippen LogP contribution in [0, 0.1) is 13.8 Å². The van der Waals surface area contributed by atoms with Gasteiger partial charge in [-0.25, -0.2) is 0 Å². The molecule has 0 bridgehead atoms. The number of nitrogens with two attached hydrogens (primary N) is 1. The Morgan fingerprint density at radius 1 is 1.23 bits per heavy atom. The minimum Gasteiger partial charge on any atom is -0.366 e. The van der Waals surface area contributed by atoms with Crippen molar-refractivity contribution in [3.63, 3.8) is 0 Å². The lowest BCUT2D eigenvalue weighted by Crippen LogP contribution is -2.20. The van der Waals surface area contributed by atoms with Crippen LogP contribution in [0.15, 0.2) is 29.1 Å². The van der Waals surface area contributed by atoms with Crippen molar-refractivity contribution in [2.24, 2.45) is 5.73 Å². The van der Waals surface area contributed by atoms with Crippen LogP contribution in [0.25, 0.3) is 11.1 Å². The van der Waals surface area contributed by atoms with Crippen LogP contribution in [0.2, 0.25) is 0 Å². The smallest absolute Gasteiger partial charge is 0.366 e. The average Bonchev–Trinajstić information content (AvgIpc) is 2.37. The van der Waals surface area contributed by atoms with E-state index in [1.165, 1.54) is 32.0 Å². The Bertz CT molecular complexity index is 807. The van der Waals surface area contributed by atoms with Gasteiger partial charge < -0.3 is 10.7 Å². The fraction of sp³-hybridized carbons (Fsp3) is 0.200. The first kappa shape index (κ1) is 15.8. The fourth-order valence-electron chi connectivity index (χ4n) is 2.35. The summed E-state index contributed by atoms with van der Waals surface area (Å²) >= 11 is 0. The molecule has 22 heavy (non-hydrogen) atoms. The van der Waals surface area contributed by atoms with Crippen LogP contribution >= 0.6 is 0 Å². The third-order valence-corrected chi connectivity index (χ3v) is 3.34. The maximum atomic E-state index is 13.2. The minimum absolute atomic E-state index is 0.0323. The molecule has 0 radical (unpaired) electrons. The van der Waals surface area contributed by atoms with Gasteiger partial charge in [0.05, 0.1) is 11.1 Å². The Kier molecular flexibility index (Phi) is 3.83. The highest BCUT2D eigenvalue weighted by Gasteiger charge is 2.36. The van der Waals surface area contributed by atoms with E-state index in [9.17, 15) is 22.8 Å². The van der Waals surface area contributed by atoms with E-state index in [1.807, 2.05) is 0 Å². The van der Waals surface area contributed by atoms with Crippen molar-refractivity contribution < 1.29 is 18.0 Å². The van der Waals surface area contributed by atoms with Crippen molar-refractivity contribution in [3.05, 3.63) is 57.0 Å². The van der Waals surface area contributed by atoms with Crippen LogP contribution in [-0.2, 0) is 6.18 Å². The highest BCUT2D eigenvalue weighted by atomic mass is 19.4. The van der Waals surface area contributed by atoms with Gasteiger partial charge in [-0.2, -0.15) is 13.2 Å². The highest BCUT2D eigenvalue weighted by molar-refractivity contribution is 5.96. The van der Waals surface area contributed by atoms with Crippen LogP contribution < -0.4 is 11.3 Å². The lowest BCUT2D eigenvalue weighted by Gasteiger charge is -2.15. The van der Waals surface area contributed by atoms with Crippen LogP contribution in [0.1, 0.15) is 27.2 Å². The van der Waals surface area contributed by atoms with Crippen molar-refractivity contribution >= 4 is 5.91 Å². The third kappa shape index (κ3) is 2.74. The monoisotopic (exact) mass is 310 g/mol. The maximum absolute atomic E-state index is 13.2. The van der Waals surface area contributed by atoms with E-state index in [1.54, 1.807) is 0 Å². The topological polar surface area (TPSA) is 76.0 Å². The number of H-pyrrole nitrogens is 1. The molecule has 0 aliphatic rings. The number of hydrogen-bond acceptors (Lipinski definition) is 2. The molecule has 2 rings (SSSR count). The number of aromatic amines is 1. The average molecular weight is 310 g/mol. The fourth-order valence-corrected chi connectivity index (χ4v) is 2.35. The van der Waals surface area contributed by atoms with Crippen molar-refractivity contribution in [1.29, 1.82) is 0 Å². The van der Waals surface area contributed by atoms with Crippen LogP contribution in [0.3, 0.4) is 0 Å². The number of benzene rings is 1. The van der Waals surface area contributed by atoms with Gasteiger partial charge in [-0.1, -0.05) is 12.1 Å². The second kappa shape index (κ2) is 5.32. The molecule has 7 heteroatoms. The molecule has 0 aliphatic heterocycles. The summed E-state index contributed by atoms with van der Waals surface area (Å²) in [5, 5.41) is 0. The molecule has 0 aliphatic carbocycles. The maximum Gasteiger partial charge on any atom is 0.417 e. The summed E-state index contributed by atoms with van der Waals surface area (Å²) in [6.45, 7) is 2.82. The molecule has 4 nitrogen and oxygen atoms in total. The molecule has 1 amide bonds. The number of carbonyl (C=O) groups excluding carboxylic acids is 1. The Labute approximate surface area is 123 Å². The summed E-state index contributed by atoms with van der Waals surface area (Å²) < 4.78 is 39.7. The summed E-state index contributed by atoms with van der Waals surface area (Å²) in [5.74, 6) is -0.767. The Hall–Kier alpha value is -2.57. The Morgan fingerprint density at radius 3 is 2.41 bits per heavy atom. The van der Waals surface area contributed by atoms with E-state index in [2.05, 4.69) is 4.98 Å². The first-order valence-corrected chi connectivity index (χ1v) is 6.34. The lowest BCUT2D eigenvalue weighted by molar-refractivity contribution is -0.137. The van der Waals surface area contributed by atoms with Gasteiger partial charge >= 0.3 is 6.18 Å². The number of primary amides is 1. The van der Waals surface area contributed by atoms with Gasteiger partial charge in [0.1, 0.15) is 0 Å². The summed E-state index contributed by atoms with van der Waals surface area (Å²) in [7, 11) is 0. The lowest BCUT2D eigenvalue weighted by atomic mass is 9.93. The molecule has 1 aromatic heterocycles. The predicted octanol–water partition coefficient (Wildman–Crippen LogP) is 2.78. The molecule has 0 atom stereocenters. The molecule has 116 valence electrons. The highest BCUT2D eigenvalue weighted by Crippen LogP contribution is 2.36. The second-order valence-electron chi connectivity index (χ2n) is 4.91. The van der Waals surface area contributed by atoms with E-state index in [0.717, 1.165) is 6.07 Å². The summed E-state index contributed by atoms with van der Waals surface area (Å²) in [5.41, 5.74) is 3.22.